The summed E-state index contributed by atoms with van der Waals surface area (Å²) in [7, 11) is 0. The molecule has 0 radical (unpaired) electrons. The van der Waals surface area contributed by atoms with Gasteiger partial charge in [0.25, 0.3) is 11.5 Å². The van der Waals surface area contributed by atoms with Crippen LogP contribution in [-0.2, 0) is 19.4 Å². The Hall–Kier alpha value is -2.90. The number of carbonyl (C=O) groups is 1. The number of fused-ring (bicyclic) bond motifs is 1. The fourth-order valence-electron chi connectivity index (χ4n) is 6.46. The zero-order valence-electron chi connectivity index (χ0n) is 23.8. The number of benzene rings is 1. The summed E-state index contributed by atoms with van der Waals surface area (Å²) in [6.07, 6.45) is 6.19. The number of thiophene rings is 1. The number of aromatic amines is 1. The number of hydrogen-bond acceptors (Lipinski definition) is 5. The highest BCUT2D eigenvalue weighted by Crippen LogP contribution is 2.41. The molecular weight excluding hydrogens is 504 g/mol. The smallest absolute Gasteiger partial charge is 0.255 e. The third-order valence-corrected chi connectivity index (χ3v) is 10.00. The van der Waals surface area contributed by atoms with E-state index >= 15 is 0 Å². The molecule has 1 saturated carbocycles. The zero-order chi connectivity index (χ0) is 27.5. The lowest BCUT2D eigenvalue weighted by Crippen LogP contribution is -2.42. The average Bonchev–Trinajstić information content (AvgIpc) is 3.26. The van der Waals surface area contributed by atoms with E-state index in [2.05, 4.69) is 59.4 Å². The number of aromatic nitrogens is 1. The molecule has 208 valence electrons. The molecule has 3 heterocycles. The summed E-state index contributed by atoms with van der Waals surface area (Å²) < 4.78 is 0. The number of rotatable bonds is 9. The van der Waals surface area contributed by atoms with E-state index in [9.17, 15) is 9.59 Å². The molecule has 6 nitrogen and oxygen atoms in total. The molecule has 1 aliphatic heterocycles. The summed E-state index contributed by atoms with van der Waals surface area (Å²) >= 11 is 1.83. The average molecular weight is 547 g/mol. The SMILES string of the molecule is CCN(c1sc2c(c1C)C(=O)N(CCc1c(C)cc(C)[nH]c1=O)CC2)[C@H]1CC[C@H](NCc2ccccc2)CC1. The summed E-state index contributed by atoms with van der Waals surface area (Å²) in [4.78, 5) is 34.8. The predicted molar refractivity (Wildman–Crippen MR) is 161 cm³/mol. The molecule has 1 amide bonds. The van der Waals surface area contributed by atoms with E-state index in [0.29, 0.717) is 25.0 Å². The van der Waals surface area contributed by atoms with Gasteiger partial charge in [-0.2, -0.15) is 0 Å². The molecule has 2 aromatic heterocycles. The van der Waals surface area contributed by atoms with E-state index in [0.717, 1.165) is 54.0 Å². The molecular formula is C32H42N4O2S. The van der Waals surface area contributed by atoms with E-state index in [4.69, 9.17) is 0 Å². The van der Waals surface area contributed by atoms with Crippen molar-refractivity contribution in [1.82, 2.24) is 15.2 Å². The van der Waals surface area contributed by atoms with Gasteiger partial charge in [0.1, 0.15) is 0 Å². The molecule has 7 heteroatoms. The van der Waals surface area contributed by atoms with Crippen molar-refractivity contribution in [2.24, 2.45) is 0 Å². The van der Waals surface area contributed by atoms with E-state index < -0.39 is 0 Å². The largest absolute Gasteiger partial charge is 0.361 e. The van der Waals surface area contributed by atoms with Crippen molar-refractivity contribution in [2.45, 2.75) is 84.8 Å². The number of amides is 1. The number of anilines is 1. The fraction of sp³-hybridized carbons (Fsp3) is 0.500. The van der Waals surface area contributed by atoms with Crippen LogP contribution in [-0.4, -0.2) is 47.5 Å². The van der Waals surface area contributed by atoms with Gasteiger partial charge in [-0.05, 0) is 82.6 Å². The van der Waals surface area contributed by atoms with Crippen molar-refractivity contribution in [2.75, 3.05) is 24.5 Å². The Morgan fingerprint density at radius 3 is 2.51 bits per heavy atom. The van der Waals surface area contributed by atoms with E-state index in [1.807, 2.05) is 36.2 Å². The lowest BCUT2D eigenvalue weighted by atomic mass is 9.89. The van der Waals surface area contributed by atoms with Crippen LogP contribution in [0.3, 0.4) is 0 Å². The summed E-state index contributed by atoms with van der Waals surface area (Å²) in [5.74, 6) is 0.127. The highest BCUT2D eigenvalue weighted by molar-refractivity contribution is 7.16. The Morgan fingerprint density at radius 1 is 1.08 bits per heavy atom. The number of H-pyrrole nitrogens is 1. The first-order valence-corrected chi connectivity index (χ1v) is 15.3. The summed E-state index contributed by atoms with van der Waals surface area (Å²) in [5.41, 5.74) is 6.02. The van der Waals surface area contributed by atoms with Gasteiger partial charge in [0.2, 0.25) is 0 Å². The first-order valence-electron chi connectivity index (χ1n) is 14.5. The lowest BCUT2D eigenvalue weighted by molar-refractivity contribution is 0.0742. The van der Waals surface area contributed by atoms with Crippen molar-refractivity contribution < 1.29 is 4.79 Å². The van der Waals surface area contributed by atoms with Crippen molar-refractivity contribution in [3.63, 3.8) is 0 Å². The molecule has 1 fully saturated rings. The third kappa shape index (κ3) is 5.99. The minimum absolute atomic E-state index is 0.0322. The van der Waals surface area contributed by atoms with Crippen LogP contribution in [0.25, 0.3) is 0 Å². The standard InChI is InChI=1S/C32H42N4O2S/c1-5-36(26-13-11-25(12-14-26)33-20-24-9-7-6-8-10-24)32-23(4)29-28(39-32)16-18-35(31(29)38)17-15-27-21(2)19-22(3)34-30(27)37/h6-10,19,25-26,33H,5,11-18,20H2,1-4H3,(H,34,37)/t25-,26-. The Morgan fingerprint density at radius 2 is 1.82 bits per heavy atom. The fourth-order valence-corrected chi connectivity index (χ4v) is 7.88. The molecule has 1 aromatic carbocycles. The van der Waals surface area contributed by atoms with Crippen LogP contribution in [0.2, 0.25) is 0 Å². The van der Waals surface area contributed by atoms with Gasteiger partial charge in [-0.25, -0.2) is 0 Å². The van der Waals surface area contributed by atoms with Gasteiger partial charge in [0, 0.05) is 60.8 Å². The van der Waals surface area contributed by atoms with Crippen LogP contribution in [0, 0.1) is 20.8 Å². The maximum absolute atomic E-state index is 13.6. The molecule has 1 aliphatic carbocycles. The van der Waals surface area contributed by atoms with Gasteiger partial charge in [-0.1, -0.05) is 30.3 Å². The van der Waals surface area contributed by atoms with Gasteiger partial charge in [0.05, 0.1) is 10.6 Å². The normalized spacial score (nSPS) is 19.3. The number of aryl methyl sites for hydroxylation is 2. The van der Waals surface area contributed by atoms with Crippen LogP contribution in [0.4, 0.5) is 5.00 Å². The number of hydrogen-bond donors (Lipinski definition) is 2. The minimum Gasteiger partial charge on any atom is -0.361 e. The summed E-state index contributed by atoms with van der Waals surface area (Å²) in [6.45, 7) is 11.4. The lowest BCUT2D eigenvalue weighted by Gasteiger charge is -2.38. The molecule has 0 spiro atoms. The van der Waals surface area contributed by atoms with E-state index in [1.165, 1.54) is 41.1 Å². The monoisotopic (exact) mass is 546 g/mol. The van der Waals surface area contributed by atoms with Gasteiger partial charge in [-0.15, -0.1) is 11.3 Å². The van der Waals surface area contributed by atoms with Crippen LogP contribution in [0.1, 0.15) is 75.8 Å². The number of pyridine rings is 1. The molecule has 3 aromatic rings. The van der Waals surface area contributed by atoms with Crippen LogP contribution >= 0.6 is 11.3 Å². The Kier molecular flexibility index (Phi) is 8.57. The second kappa shape index (κ2) is 12.1. The molecule has 0 saturated heterocycles. The quantitative estimate of drug-likeness (QED) is 0.370. The summed E-state index contributed by atoms with van der Waals surface area (Å²) in [6, 6.07) is 13.7. The van der Waals surface area contributed by atoms with Gasteiger partial charge in [0.15, 0.2) is 0 Å². The maximum Gasteiger partial charge on any atom is 0.255 e. The highest BCUT2D eigenvalue weighted by atomic mass is 32.1. The molecule has 0 bridgehead atoms. The maximum atomic E-state index is 13.6. The van der Waals surface area contributed by atoms with Crippen molar-refractivity contribution in [3.8, 4) is 0 Å². The van der Waals surface area contributed by atoms with Gasteiger partial charge >= 0.3 is 0 Å². The molecule has 0 unspecified atom stereocenters. The van der Waals surface area contributed by atoms with Crippen molar-refractivity contribution in [3.05, 3.63) is 85.1 Å². The number of carbonyl (C=O) groups excluding carboxylic acids is 1. The first kappa shape index (κ1) is 27.7. The molecule has 39 heavy (non-hydrogen) atoms. The second-order valence-electron chi connectivity index (χ2n) is 11.2. The zero-order valence-corrected chi connectivity index (χ0v) is 24.6. The molecule has 2 N–H and O–H groups in total. The second-order valence-corrected chi connectivity index (χ2v) is 12.3. The molecule has 0 atom stereocenters. The van der Waals surface area contributed by atoms with Crippen LogP contribution < -0.4 is 15.8 Å². The Balaban J connectivity index is 1.23. The number of nitrogens with zero attached hydrogens (tertiary/aromatic N) is 2. The van der Waals surface area contributed by atoms with E-state index in [1.54, 1.807) is 0 Å². The van der Waals surface area contributed by atoms with Gasteiger partial charge < -0.3 is 20.1 Å². The van der Waals surface area contributed by atoms with Crippen molar-refractivity contribution in [1.29, 1.82) is 0 Å². The third-order valence-electron chi connectivity index (χ3n) is 8.61. The van der Waals surface area contributed by atoms with Crippen LogP contribution in [0.15, 0.2) is 41.2 Å². The predicted octanol–water partition coefficient (Wildman–Crippen LogP) is 5.53. The first-order chi connectivity index (χ1) is 18.9. The Labute approximate surface area is 236 Å². The Bertz CT molecular complexity index is 1350. The van der Waals surface area contributed by atoms with Gasteiger partial charge in [-0.3, -0.25) is 9.59 Å². The summed E-state index contributed by atoms with van der Waals surface area (Å²) in [5, 5.41) is 5.04. The topological polar surface area (TPSA) is 68.4 Å². The molecule has 2 aliphatic rings. The minimum atomic E-state index is -0.0322. The van der Waals surface area contributed by atoms with E-state index in [-0.39, 0.29) is 11.5 Å². The molecule has 5 rings (SSSR count). The highest BCUT2D eigenvalue weighted by Gasteiger charge is 2.33. The number of nitrogens with one attached hydrogen (secondary N) is 2. The van der Waals surface area contributed by atoms with Crippen molar-refractivity contribution >= 4 is 22.2 Å². The van der Waals surface area contributed by atoms with Crippen LogP contribution in [0.5, 0.6) is 0 Å².